The Labute approximate surface area is 153 Å². The Morgan fingerprint density at radius 3 is 2.67 bits per heavy atom. The molecule has 0 saturated carbocycles. The summed E-state index contributed by atoms with van der Waals surface area (Å²) in [6, 6.07) is 17.1. The predicted octanol–water partition coefficient (Wildman–Crippen LogP) is 3.83. The van der Waals surface area contributed by atoms with Crippen LogP contribution < -0.4 is 10.2 Å². The quantitative estimate of drug-likeness (QED) is 0.511. The van der Waals surface area contributed by atoms with Crippen LogP contribution in [0.4, 0.5) is 8.78 Å². The molecular formula is C19H16F2N4O2. The molecule has 0 fully saturated rings. The van der Waals surface area contributed by atoms with Gasteiger partial charge in [-0.1, -0.05) is 42.5 Å². The van der Waals surface area contributed by atoms with Gasteiger partial charge >= 0.3 is 6.61 Å². The smallest absolute Gasteiger partial charge is 0.387 e. The van der Waals surface area contributed by atoms with Crippen LogP contribution in [-0.4, -0.2) is 28.4 Å². The van der Waals surface area contributed by atoms with Crippen molar-refractivity contribution in [2.75, 3.05) is 0 Å². The highest BCUT2D eigenvalue weighted by atomic mass is 19.3. The largest absolute Gasteiger partial charge is 0.435 e. The van der Waals surface area contributed by atoms with E-state index in [0.717, 1.165) is 5.56 Å². The fraction of sp³-hybridized carbons (Fsp3) is 0.105. The molecule has 8 heteroatoms. The number of alkyl halides is 2. The maximum atomic E-state index is 12.3. The van der Waals surface area contributed by atoms with Gasteiger partial charge < -0.3 is 4.74 Å². The Balaban J connectivity index is 1.68. The second kappa shape index (κ2) is 8.22. The molecule has 1 heterocycles. The number of aromatic nitrogens is 2. The minimum Gasteiger partial charge on any atom is -0.435 e. The topological polar surface area (TPSA) is 79.4 Å². The van der Waals surface area contributed by atoms with Crippen molar-refractivity contribution in [1.29, 1.82) is 0 Å². The lowest BCUT2D eigenvalue weighted by atomic mass is 10.1. The summed E-state index contributed by atoms with van der Waals surface area (Å²) in [7, 11) is 0. The van der Waals surface area contributed by atoms with Crippen LogP contribution in [0.25, 0.3) is 11.3 Å². The van der Waals surface area contributed by atoms with Gasteiger partial charge in [0.25, 0.3) is 5.91 Å². The van der Waals surface area contributed by atoms with Gasteiger partial charge in [-0.15, -0.1) is 0 Å². The molecule has 0 aliphatic carbocycles. The highest BCUT2D eigenvalue weighted by molar-refractivity contribution is 6.00. The molecule has 2 N–H and O–H groups in total. The van der Waals surface area contributed by atoms with Gasteiger partial charge in [-0.3, -0.25) is 9.89 Å². The standard InChI is InChI=1S/C19H16F2N4O2/c1-12(14-8-5-9-15(10-14)27-19(20)21)22-25-18(26)17-11-16(23-24-17)13-6-3-2-4-7-13/h2-11,19H,1H3,(H,23,24)(H,25,26)/b22-12-. The number of carbonyl (C=O) groups is 1. The Morgan fingerprint density at radius 2 is 1.93 bits per heavy atom. The van der Waals surface area contributed by atoms with Crippen molar-refractivity contribution in [3.8, 4) is 17.0 Å². The molecule has 0 saturated heterocycles. The Hall–Kier alpha value is -3.55. The maximum Gasteiger partial charge on any atom is 0.387 e. The molecule has 0 aliphatic heterocycles. The summed E-state index contributed by atoms with van der Waals surface area (Å²) in [5, 5.41) is 10.8. The summed E-state index contributed by atoms with van der Waals surface area (Å²) >= 11 is 0. The number of halogens is 2. The number of nitrogens with zero attached hydrogens (tertiary/aromatic N) is 2. The van der Waals surface area contributed by atoms with E-state index >= 15 is 0 Å². The van der Waals surface area contributed by atoms with E-state index in [4.69, 9.17) is 0 Å². The average Bonchev–Trinajstić information content (AvgIpc) is 3.16. The van der Waals surface area contributed by atoms with E-state index in [2.05, 4.69) is 25.5 Å². The number of nitrogens with one attached hydrogen (secondary N) is 2. The van der Waals surface area contributed by atoms with Crippen molar-refractivity contribution >= 4 is 11.6 Å². The van der Waals surface area contributed by atoms with Crippen LogP contribution in [0, 0.1) is 0 Å². The molecule has 0 bridgehead atoms. The fourth-order valence-corrected chi connectivity index (χ4v) is 2.35. The van der Waals surface area contributed by atoms with Gasteiger partial charge in [0.2, 0.25) is 0 Å². The Morgan fingerprint density at radius 1 is 1.15 bits per heavy atom. The first-order chi connectivity index (χ1) is 13.0. The number of hydrazone groups is 1. The molecule has 3 aromatic rings. The van der Waals surface area contributed by atoms with Crippen LogP contribution in [0.2, 0.25) is 0 Å². The van der Waals surface area contributed by atoms with Gasteiger partial charge in [0.05, 0.1) is 11.4 Å². The van der Waals surface area contributed by atoms with Crippen molar-refractivity contribution < 1.29 is 18.3 Å². The zero-order valence-electron chi connectivity index (χ0n) is 14.3. The molecule has 0 radical (unpaired) electrons. The number of hydrogen-bond donors (Lipinski definition) is 2. The molecule has 3 rings (SSSR count). The first kappa shape index (κ1) is 18.2. The van der Waals surface area contributed by atoms with Crippen molar-refractivity contribution in [3.63, 3.8) is 0 Å². The van der Waals surface area contributed by atoms with Crippen LogP contribution in [0.1, 0.15) is 23.0 Å². The predicted molar refractivity (Wildman–Crippen MR) is 96.8 cm³/mol. The zero-order valence-corrected chi connectivity index (χ0v) is 14.3. The summed E-state index contributed by atoms with van der Waals surface area (Å²) in [6.07, 6.45) is 0. The van der Waals surface area contributed by atoms with Crippen molar-refractivity contribution in [1.82, 2.24) is 15.6 Å². The van der Waals surface area contributed by atoms with E-state index in [0.29, 0.717) is 17.0 Å². The van der Waals surface area contributed by atoms with E-state index in [9.17, 15) is 13.6 Å². The van der Waals surface area contributed by atoms with Gasteiger partial charge in [-0.05, 0) is 25.1 Å². The van der Waals surface area contributed by atoms with Gasteiger partial charge in [-0.2, -0.15) is 19.0 Å². The maximum absolute atomic E-state index is 12.3. The second-order valence-electron chi connectivity index (χ2n) is 5.58. The first-order valence-electron chi connectivity index (χ1n) is 8.03. The highest BCUT2D eigenvalue weighted by Crippen LogP contribution is 2.18. The average molecular weight is 370 g/mol. The fourth-order valence-electron chi connectivity index (χ4n) is 2.35. The number of rotatable bonds is 6. The third-order valence-corrected chi connectivity index (χ3v) is 3.69. The summed E-state index contributed by atoms with van der Waals surface area (Å²) in [6.45, 7) is -1.26. The van der Waals surface area contributed by atoms with Crippen molar-refractivity contribution in [2.45, 2.75) is 13.5 Å². The lowest BCUT2D eigenvalue weighted by molar-refractivity contribution is -0.0498. The third kappa shape index (κ3) is 4.75. The van der Waals surface area contributed by atoms with E-state index in [1.165, 1.54) is 12.1 Å². The molecular weight excluding hydrogens is 354 g/mol. The van der Waals surface area contributed by atoms with Crippen LogP contribution in [0.5, 0.6) is 5.75 Å². The Bertz CT molecular complexity index is 955. The third-order valence-electron chi connectivity index (χ3n) is 3.69. The number of aromatic amines is 1. The van der Waals surface area contributed by atoms with Gasteiger partial charge in [0, 0.05) is 11.1 Å². The van der Waals surface area contributed by atoms with Crippen LogP contribution in [-0.2, 0) is 0 Å². The lowest BCUT2D eigenvalue weighted by Crippen LogP contribution is -2.19. The van der Waals surface area contributed by atoms with Gasteiger partial charge in [0.1, 0.15) is 11.4 Å². The number of H-pyrrole nitrogens is 1. The van der Waals surface area contributed by atoms with Crippen molar-refractivity contribution in [3.05, 3.63) is 71.9 Å². The minimum atomic E-state index is -2.91. The number of carbonyl (C=O) groups excluding carboxylic acids is 1. The summed E-state index contributed by atoms with van der Waals surface area (Å²) in [5.74, 6) is -0.450. The minimum absolute atomic E-state index is 0.0180. The molecule has 1 amide bonds. The summed E-state index contributed by atoms with van der Waals surface area (Å²) in [5.41, 5.74) is 5.16. The normalized spacial score (nSPS) is 11.5. The molecule has 0 spiro atoms. The number of benzene rings is 2. The van der Waals surface area contributed by atoms with Gasteiger partial charge in [0.15, 0.2) is 0 Å². The van der Waals surface area contributed by atoms with Gasteiger partial charge in [-0.25, -0.2) is 5.43 Å². The van der Waals surface area contributed by atoms with E-state index < -0.39 is 12.5 Å². The summed E-state index contributed by atoms with van der Waals surface area (Å²) in [4.78, 5) is 12.2. The molecule has 0 unspecified atom stereocenters. The van der Waals surface area contributed by atoms with E-state index in [1.54, 1.807) is 25.1 Å². The molecule has 1 aromatic heterocycles. The second-order valence-corrected chi connectivity index (χ2v) is 5.58. The molecule has 0 aliphatic rings. The van der Waals surface area contributed by atoms with Crippen molar-refractivity contribution in [2.24, 2.45) is 5.10 Å². The van der Waals surface area contributed by atoms with E-state index in [-0.39, 0.29) is 11.4 Å². The zero-order chi connectivity index (χ0) is 19.2. The summed E-state index contributed by atoms with van der Waals surface area (Å²) < 4.78 is 29.0. The number of hydrogen-bond acceptors (Lipinski definition) is 4. The number of ether oxygens (including phenoxy) is 1. The van der Waals surface area contributed by atoms with E-state index in [1.807, 2.05) is 30.3 Å². The number of amides is 1. The Kier molecular flexibility index (Phi) is 5.55. The first-order valence-corrected chi connectivity index (χ1v) is 8.03. The van der Waals surface area contributed by atoms with Crippen LogP contribution in [0.15, 0.2) is 65.8 Å². The molecule has 2 aromatic carbocycles. The highest BCUT2D eigenvalue weighted by Gasteiger charge is 2.11. The SMILES string of the molecule is C/C(=N/NC(=O)c1cc(-c2ccccc2)n[nH]1)c1cccc(OC(F)F)c1. The van der Waals surface area contributed by atoms with Crippen LogP contribution in [0.3, 0.4) is 0 Å². The molecule has 6 nitrogen and oxygen atoms in total. The monoisotopic (exact) mass is 370 g/mol. The lowest BCUT2D eigenvalue weighted by Gasteiger charge is -2.06. The van der Waals surface area contributed by atoms with Crippen LogP contribution >= 0.6 is 0 Å². The molecule has 27 heavy (non-hydrogen) atoms. The molecule has 138 valence electrons. The molecule has 0 atom stereocenters.